The van der Waals surface area contributed by atoms with Crippen LogP contribution in [0.25, 0.3) is 0 Å². The zero-order chi connectivity index (χ0) is 13.3. The third-order valence-corrected chi connectivity index (χ3v) is 2.41. The van der Waals surface area contributed by atoms with Crippen LogP contribution >= 0.6 is 0 Å². The average molecular weight is 251 g/mol. The van der Waals surface area contributed by atoms with Crippen LogP contribution in [0.1, 0.15) is 21.6 Å². The topological polar surface area (TPSA) is 30.0 Å². The first-order chi connectivity index (χ1) is 8.49. The number of ketones is 1. The van der Waals surface area contributed by atoms with Crippen molar-refractivity contribution in [1.82, 2.24) is 4.98 Å². The molecule has 0 atom stereocenters. The second kappa shape index (κ2) is 4.60. The number of nitrogens with zero attached hydrogens (tertiary/aromatic N) is 1. The van der Waals surface area contributed by atoms with Crippen molar-refractivity contribution in [3.05, 3.63) is 64.7 Å². The molecule has 18 heavy (non-hydrogen) atoms. The predicted octanol–water partition coefficient (Wildman–Crippen LogP) is 3.04. The molecule has 2 aromatic rings. The van der Waals surface area contributed by atoms with Crippen LogP contribution in [0.2, 0.25) is 0 Å². The Bertz CT molecular complexity index is 585. The molecule has 5 heteroatoms. The van der Waals surface area contributed by atoms with E-state index in [1.54, 1.807) is 13.0 Å². The molecule has 0 saturated heterocycles. The van der Waals surface area contributed by atoms with Gasteiger partial charge in [-0.15, -0.1) is 0 Å². The highest BCUT2D eigenvalue weighted by atomic mass is 19.1. The number of aryl methyl sites for hydroxylation is 1. The lowest BCUT2D eigenvalue weighted by atomic mass is 10.0. The third-order valence-electron chi connectivity index (χ3n) is 2.41. The molecule has 0 aliphatic rings. The van der Waals surface area contributed by atoms with Gasteiger partial charge in [-0.25, -0.2) is 13.2 Å². The van der Waals surface area contributed by atoms with Gasteiger partial charge in [0.05, 0.1) is 5.56 Å². The fraction of sp³-hybridized carbons (Fsp3) is 0.0769. The largest absolute Gasteiger partial charge is 0.288 e. The van der Waals surface area contributed by atoms with E-state index in [-0.39, 0.29) is 5.56 Å². The second-order valence-corrected chi connectivity index (χ2v) is 3.76. The first kappa shape index (κ1) is 12.3. The lowest BCUT2D eigenvalue weighted by Gasteiger charge is -2.04. The molecule has 0 aliphatic heterocycles. The molecule has 0 N–H and O–H groups in total. The number of rotatable bonds is 2. The lowest BCUT2D eigenvalue weighted by Crippen LogP contribution is -2.08. The molecule has 1 aromatic heterocycles. The van der Waals surface area contributed by atoms with Gasteiger partial charge in [-0.3, -0.25) is 9.78 Å². The maximum atomic E-state index is 13.4. The summed E-state index contributed by atoms with van der Waals surface area (Å²) in [5.41, 5.74) is -0.0568. The smallest absolute Gasteiger partial charge is 0.200 e. The van der Waals surface area contributed by atoms with E-state index in [4.69, 9.17) is 0 Å². The van der Waals surface area contributed by atoms with E-state index in [2.05, 4.69) is 4.98 Å². The molecule has 2 rings (SSSR count). The standard InChI is InChI=1S/C13H8F3NO/c1-7-2-3-8(6-17-7)13(18)12-10(15)4-9(14)5-11(12)16/h2-6H,1H3. The van der Waals surface area contributed by atoms with Crippen molar-refractivity contribution in [3.8, 4) is 0 Å². The number of carbonyl (C=O) groups excluding carboxylic acids is 1. The molecule has 0 radical (unpaired) electrons. The number of pyridine rings is 1. The van der Waals surface area contributed by atoms with E-state index in [0.29, 0.717) is 17.8 Å². The van der Waals surface area contributed by atoms with E-state index >= 15 is 0 Å². The van der Waals surface area contributed by atoms with E-state index in [9.17, 15) is 18.0 Å². The molecular weight excluding hydrogens is 243 g/mol. The van der Waals surface area contributed by atoms with Crippen LogP contribution in [0, 0.1) is 24.4 Å². The molecule has 0 aliphatic carbocycles. The Morgan fingerprint density at radius 3 is 2.22 bits per heavy atom. The molecule has 0 bridgehead atoms. The first-order valence-electron chi connectivity index (χ1n) is 5.11. The Morgan fingerprint density at radius 2 is 1.72 bits per heavy atom. The van der Waals surface area contributed by atoms with E-state index in [0.717, 1.165) is 0 Å². The highest BCUT2D eigenvalue weighted by molar-refractivity contribution is 6.09. The lowest BCUT2D eigenvalue weighted by molar-refractivity contribution is 0.103. The minimum absolute atomic E-state index is 0.0463. The van der Waals surface area contributed by atoms with Crippen molar-refractivity contribution in [1.29, 1.82) is 0 Å². The number of hydrogen-bond donors (Lipinski definition) is 0. The van der Waals surface area contributed by atoms with Gasteiger partial charge < -0.3 is 0 Å². The van der Waals surface area contributed by atoms with Crippen molar-refractivity contribution in [3.63, 3.8) is 0 Å². The Balaban J connectivity index is 2.49. The highest BCUT2D eigenvalue weighted by Crippen LogP contribution is 2.18. The number of aromatic nitrogens is 1. The van der Waals surface area contributed by atoms with Gasteiger partial charge in [-0.05, 0) is 19.1 Å². The maximum Gasteiger partial charge on any atom is 0.200 e. The van der Waals surface area contributed by atoms with Gasteiger partial charge in [0.1, 0.15) is 17.5 Å². The van der Waals surface area contributed by atoms with Crippen molar-refractivity contribution in [2.24, 2.45) is 0 Å². The molecule has 0 unspecified atom stereocenters. The molecule has 92 valence electrons. The summed E-state index contributed by atoms with van der Waals surface area (Å²) in [5.74, 6) is -4.38. The van der Waals surface area contributed by atoms with E-state index in [1.165, 1.54) is 12.3 Å². The van der Waals surface area contributed by atoms with Crippen LogP contribution in [0.15, 0.2) is 30.5 Å². The van der Waals surface area contributed by atoms with Crippen LogP contribution in [0.4, 0.5) is 13.2 Å². The van der Waals surface area contributed by atoms with Gasteiger partial charge in [0.15, 0.2) is 5.78 Å². The SMILES string of the molecule is Cc1ccc(C(=O)c2c(F)cc(F)cc2F)cn1. The van der Waals surface area contributed by atoms with Crippen LogP contribution in [0.3, 0.4) is 0 Å². The molecule has 1 heterocycles. The van der Waals surface area contributed by atoms with Crippen LogP contribution in [-0.2, 0) is 0 Å². The fourth-order valence-corrected chi connectivity index (χ4v) is 1.51. The number of hydrogen-bond acceptors (Lipinski definition) is 2. The van der Waals surface area contributed by atoms with Gasteiger partial charge in [0.2, 0.25) is 0 Å². The first-order valence-corrected chi connectivity index (χ1v) is 5.11. The summed E-state index contributed by atoms with van der Waals surface area (Å²) in [6, 6.07) is 3.90. The minimum atomic E-state index is -1.22. The highest BCUT2D eigenvalue weighted by Gasteiger charge is 2.20. The molecule has 2 nitrogen and oxygen atoms in total. The third kappa shape index (κ3) is 2.25. The monoisotopic (exact) mass is 251 g/mol. The number of halogens is 3. The Morgan fingerprint density at radius 1 is 1.11 bits per heavy atom. The summed E-state index contributed by atoms with van der Waals surface area (Å²) < 4.78 is 39.5. The average Bonchev–Trinajstić information content (AvgIpc) is 2.28. The van der Waals surface area contributed by atoms with Crippen molar-refractivity contribution in [2.75, 3.05) is 0 Å². The number of benzene rings is 1. The minimum Gasteiger partial charge on any atom is -0.288 e. The Labute approximate surface area is 101 Å². The quantitative estimate of drug-likeness (QED) is 0.768. The van der Waals surface area contributed by atoms with E-state index < -0.39 is 28.8 Å². The second-order valence-electron chi connectivity index (χ2n) is 3.76. The van der Waals surface area contributed by atoms with Crippen LogP contribution in [-0.4, -0.2) is 10.8 Å². The molecule has 0 amide bonds. The van der Waals surface area contributed by atoms with Crippen molar-refractivity contribution >= 4 is 5.78 Å². The van der Waals surface area contributed by atoms with Crippen LogP contribution in [0.5, 0.6) is 0 Å². The van der Waals surface area contributed by atoms with Gasteiger partial charge in [-0.2, -0.15) is 0 Å². The molecular formula is C13H8F3NO. The van der Waals surface area contributed by atoms with Gasteiger partial charge in [0.25, 0.3) is 0 Å². The summed E-state index contributed by atoms with van der Waals surface area (Å²) in [5, 5.41) is 0. The molecule has 0 spiro atoms. The van der Waals surface area contributed by atoms with Crippen molar-refractivity contribution < 1.29 is 18.0 Å². The summed E-state index contributed by atoms with van der Waals surface area (Å²) >= 11 is 0. The predicted molar refractivity (Wildman–Crippen MR) is 58.7 cm³/mol. The molecule has 0 fully saturated rings. The normalized spacial score (nSPS) is 10.4. The summed E-state index contributed by atoms with van der Waals surface area (Å²) in [4.78, 5) is 15.7. The van der Waals surface area contributed by atoms with Gasteiger partial charge in [0, 0.05) is 29.6 Å². The fourth-order valence-electron chi connectivity index (χ4n) is 1.51. The zero-order valence-corrected chi connectivity index (χ0v) is 9.38. The zero-order valence-electron chi connectivity index (χ0n) is 9.38. The molecule has 0 saturated carbocycles. The van der Waals surface area contributed by atoms with E-state index in [1.807, 2.05) is 0 Å². The van der Waals surface area contributed by atoms with Crippen molar-refractivity contribution in [2.45, 2.75) is 6.92 Å². The molecule has 1 aromatic carbocycles. The number of carbonyl (C=O) groups is 1. The Hall–Kier alpha value is -2.17. The summed E-state index contributed by atoms with van der Waals surface area (Å²) in [7, 11) is 0. The summed E-state index contributed by atoms with van der Waals surface area (Å²) in [6.07, 6.45) is 1.22. The van der Waals surface area contributed by atoms with Gasteiger partial charge in [-0.1, -0.05) is 0 Å². The Kier molecular flexibility index (Phi) is 3.14. The summed E-state index contributed by atoms with van der Waals surface area (Å²) in [6.45, 7) is 1.72. The van der Waals surface area contributed by atoms with Gasteiger partial charge >= 0.3 is 0 Å². The van der Waals surface area contributed by atoms with Crippen LogP contribution < -0.4 is 0 Å². The maximum absolute atomic E-state index is 13.4.